The van der Waals surface area contributed by atoms with Crippen molar-refractivity contribution in [3.63, 3.8) is 0 Å². The Morgan fingerprint density at radius 2 is 1.79 bits per heavy atom. The molecule has 2 aromatic carbocycles. The fourth-order valence-corrected chi connectivity index (χ4v) is 4.60. The molecule has 1 amide bonds. The number of thiazole rings is 1. The van der Waals surface area contributed by atoms with Gasteiger partial charge in [0.1, 0.15) is 0 Å². The van der Waals surface area contributed by atoms with E-state index >= 15 is 0 Å². The molecule has 10 heteroatoms. The average molecular weight is 414 g/mol. The summed E-state index contributed by atoms with van der Waals surface area (Å²) in [5.74, 6) is -0.516. The van der Waals surface area contributed by atoms with Crippen LogP contribution in [-0.4, -0.2) is 35.3 Å². The standard InChI is InChI=1S/C18H14N4O4S2/c23-16(17-19-13-8-4-5-9-14(13)27-17)20-18-22-21-15(26-18)10-11-28(24,25)12-6-2-1-3-7-12/h1-9H,10-11H2,(H,20,22,23). The highest BCUT2D eigenvalue weighted by molar-refractivity contribution is 7.91. The fourth-order valence-electron chi connectivity index (χ4n) is 2.49. The second-order valence-electron chi connectivity index (χ2n) is 5.82. The van der Waals surface area contributed by atoms with Gasteiger partial charge in [-0.15, -0.1) is 16.4 Å². The largest absolute Gasteiger partial charge is 0.408 e. The van der Waals surface area contributed by atoms with E-state index in [0.29, 0.717) is 0 Å². The first kappa shape index (κ1) is 18.3. The Balaban J connectivity index is 1.41. The van der Waals surface area contributed by atoms with Gasteiger partial charge in [-0.1, -0.05) is 35.4 Å². The Bertz CT molecular complexity index is 1200. The third kappa shape index (κ3) is 3.92. The second-order valence-corrected chi connectivity index (χ2v) is 8.96. The van der Waals surface area contributed by atoms with Crippen molar-refractivity contribution in [3.05, 3.63) is 65.5 Å². The lowest BCUT2D eigenvalue weighted by Crippen LogP contribution is -2.11. The number of aromatic nitrogens is 3. The Morgan fingerprint density at radius 3 is 2.57 bits per heavy atom. The molecular weight excluding hydrogens is 400 g/mol. The number of carbonyl (C=O) groups excluding carboxylic acids is 1. The van der Waals surface area contributed by atoms with Crippen molar-refractivity contribution in [2.75, 3.05) is 11.1 Å². The zero-order valence-corrected chi connectivity index (χ0v) is 16.0. The Hall–Kier alpha value is -3.11. The molecule has 142 valence electrons. The minimum atomic E-state index is -3.45. The monoisotopic (exact) mass is 414 g/mol. The molecule has 0 atom stereocenters. The number of nitrogens with zero attached hydrogens (tertiary/aromatic N) is 3. The molecule has 2 heterocycles. The molecule has 4 rings (SSSR count). The molecule has 0 saturated heterocycles. The predicted molar refractivity (Wildman–Crippen MR) is 104 cm³/mol. The van der Waals surface area contributed by atoms with Gasteiger partial charge in [0.25, 0.3) is 5.91 Å². The number of amides is 1. The molecule has 0 bridgehead atoms. The number of fused-ring (bicyclic) bond motifs is 1. The summed E-state index contributed by atoms with van der Waals surface area (Å²) >= 11 is 1.25. The van der Waals surface area contributed by atoms with E-state index in [-0.39, 0.29) is 34.0 Å². The van der Waals surface area contributed by atoms with Gasteiger partial charge in [-0.25, -0.2) is 13.4 Å². The number of aryl methyl sites for hydroxylation is 1. The van der Waals surface area contributed by atoms with E-state index in [2.05, 4.69) is 20.5 Å². The van der Waals surface area contributed by atoms with E-state index in [1.165, 1.54) is 23.5 Å². The van der Waals surface area contributed by atoms with Crippen molar-refractivity contribution >= 4 is 43.3 Å². The minimum absolute atomic E-state index is 0.0429. The summed E-state index contributed by atoms with van der Waals surface area (Å²) in [6.45, 7) is 0. The van der Waals surface area contributed by atoms with E-state index < -0.39 is 15.7 Å². The third-order valence-corrected chi connectivity index (χ3v) is 6.63. The highest BCUT2D eigenvalue weighted by Crippen LogP contribution is 2.22. The maximum Gasteiger partial charge on any atom is 0.322 e. The van der Waals surface area contributed by atoms with Crippen LogP contribution < -0.4 is 5.32 Å². The van der Waals surface area contributed by atoms with Crippen LogP contribution in [0.15, 0.2) is 63.9 Å². The normalized spacial score (nSPS) is 11.6. The van der Waals surface area contributed by atoms with Gasteiger partial charge < -0.3 is 4.42 Å². The van der Waals surface area contributed by atoms with E-state index in [9.17, 15) is 13.2 Å². The maximum absolute atomic E-state index is 12.3. The van der Waals surface area contributed by atoms with E-state index in [0.717, 1.165) is 10.2 Å². The lowest BCUT2D eigenvalue weighted by Gasteiger charge is -2.01. The number of hydrogen-bond donors (Lipinski definition) is 1. The summed E-state index contributed by atoms with van der Waals surface area (Å²) in [6, 6.07) is 15.5. The number of sulfone groups is 1. The van der Waals surface area contributed by atoms with Crippen LogP contribution in [0.3, 0.4) is 0 Å². The Morgan fingerprint density at radius 1 is 1.04 bits per heavy atom. The van der Waals surface area contributed by atoms with Crippen molar-refractivity contribution in [2.24, 2.45) is 0 Å². The van der Waals surface area contributed by atoms with Gasteiger partial charge in [0, 0.05) is 6.42 Å². The molecule has 8 nitrogen and oxygen atoms in total. The number of anilines is 1. The number of carbonyl (C=O) groups is 1. The molecule has 0 spiro atoms. The van der Waals surface area contributed by atoms with Crippen LogP contribution in [0.25, 0.3) is 10.2 Å². The highest BCUT2D eigenvalue weighted by Gasteiger charge is 2.18. The zero-order chi connectivity index (χ0) is 19.6. The fraction of sp³-hybridized carbons (Fsp3) is 0.111. The van der Waals surface area contributed by atoms with Crippen molar-refractivity contribution in [1.82, 2.24) is 15.2 Å². The average Bonchev–Trinajstić information content (AvgIpc) is 3.34. The minimum Gasteiger partial charge on any atom is -0.408 e. The predicted octanol–water partition coefficient (Wildman–Crippen LogP) is 2.95. The molecule has 4 aromatic rings. The first-order valence-corrected chi connectivity index (χ1v) is 10.8. The molecular formula is C18H14N4O4S2. The van der Waals surface area contributed by atoms with Crippen LogP contribution in [0.5, 0.6) is 0 Å². The van der Waals surface area contributed by atoms with Crippen LogP contribution in [0.2, 0.25) is 0 Å². The van der Waals surface area contributed by atoms with Crippen molar-refractivity contribution in [3.8, 4) is 0 Å². The number of benzene rings is 2. The van der Waals surface area contributed by atoms with Crippen molar-refractivity contribution in [2.45, 2.75) is 11.3 Å². The van der Waals surface area contributed by atoms with E-state index in [1.54, 1.807) is 18.2 Å². The molecule has 0 fully saturated rings. The van der Waals surface area contributed by atoms with E-state index in [1.807, 2.05) is 24.3 Å². The summed E-state index contributed by atoms with van der Waals surface area (Å²) in [5, 5.41) is 10.3. The molecule has 0 aliphatic rings. The SMILES string of the molecule is O=C(Nc1nnc(CCS(=O)(=O)c2ccccc2)o1)c1nc2ccccc2s1. The number of nitrogens with one attached hydrogen (secondary N) is 1. The summed E-state index contributed by atoms with van der Waals surface area (Å²) in [4.78, 5) is 16.8. The molecule has 2 aromatic heterocycles. The second kappa shape index (κ2) is 7.49. The smallest absolute Gasteiger partial charge is 0.322 e. The van der Waals surface area contributed by atoms with Gasteiger partial charge in [0.2, 0.25) is 5.89 Å². The Kier molecular flexibility index (Phi) is 4.88. The van der Waals surface area contributed by atoms with Gasteiger partial charge in [0.15, 0.2) is 14.8 Å². The summed E-state index contributed by atoms with van der Waals surface area (Å²) in [6.07, 6.45) is 0.0429. The number of hydrogen-bond acceptors (Lipinski definition) is 8. The van der Waals surface area contributed by atoms with Gasteiger partial charge >= 0.3 is 6.01 Å². The summed E-state index contributed by atoms with van der Waals surface area (Å²) in [7, 11) is -3.45. The van der Waals surface area contributed by atoms with E-state index in [4.69, 9.17) is 4.42 Å². The van der Waals surface area contributed by atoms with Crippen molar-refractivity contribution in [1.29, 1.82) is 0 Å². The van der Waals surface area contributed by atoms with Gasteiger partial charge in [0.05, 0.1) is 20.9 Å². The summed E-state index contributed by atoms with van der Waals surface area (Å²) in [5.41, 5.74) is 0.731. The quantitative estimate of drug-likeness (QED) is 0.516. The molecule has 1 N–H and O–H groups in total. The lowest BCUT2D eigenvalue weighted by molar-refractivity contribution is 0.102. The zero-order valence-electron chi connectivity index (χ0n) is 14.4. The summed E-state index contributed by atoms with van der Waals surface area (Å²) < 4.78 is 30.8. The molecule has 0 unspecified atom stereocenters. The van der Waals surface area contributed by atoms with Crippen LogP contribution in [-0.2, 0) is 16.3 Å². The molecule has 0 aliphatic carbocycles. The number of rotatable bonds is 6. The van der Waals surface area contributed by atoms with Crippen LogP contribution in [0, 0.1) is 0 Å². The van der Waals surface area contributed by atoms with Crippen molar-refractivity contribution < 1.29 is 17.6 Å². The molecule has 28 heavy (non-hydrogen) atoms. The lowest BCUT2D eigenvalue weighted by atomic mass is 10.3. The molecule has 0 aliphatic heterocycles. The first-order chi connectivity index (χ1) is 13.5. The molecule has 0 saturated carbocycles. The highest BCUT2D eigenvalue weighted by atomic mass is 32.2. The number of para-hydroxylation sites is 1. The first-order valence-electron chi connectivity index (χ1n) is 8.28. The van der Waals surface area contributed by atoms with Gasteiger partial charge in [-0.3, -0.25) is 10.1 Å². The third-order valence-electron chi connectivity index (χ3n) is 3.86. The topological polar surface area (TPSA) is 115 Å². The van der Waals surface area contributed by atoms with Gasteiger partial charge in [-0.05, 0) is 24.3 Å². The maximum atomic E-state index is 12.3. The molecule has 0 radical (unpaired) electrons. The Labute approximate surface area is 164 Å². The van der Waals surface area contributed by atoms with Crippen LogP contribution in [0.1, 0.15) is 15.7 Å². The van der Waals surface area contributed by atoms with Gasteiger partial charge in [-0.2, -0.15) is 0 Å². The van der Waals surface area contributed by atoms with Crippen LogP contribution >= 0.6 is 11.3 Å². The van der Waals surface area contributed by atoms with Crippen LogP contribution in [0.4, 0.5) is 6.01 Å².